The molecule has 2 aromatic rings. The van der Waals surface area contributed by atoms with E-state index in [9.17, 15) is 8.42 Å². The monoisotopic (exact) mass is 325 g/mol. The zero-order chi connectivity index (χ0) is 15.5. The van der Waals surface area contributed by atoms with Crippen molar-refractivity contribution in [3.8, 4) is 0 Å². The maximum atomic E-state index is 12.3. The van der Waals surface area contributed by atoms with E-state index in [0.29, 0.717) is 5.82 Å². The molecule has 0 bridgehead atoms. The predicted octanol–water partition coefficient (Wildman–Crippen LogP) is 2.92. The fourth-order valence-electron chi connectivity index (χ4n) is 1.87. The number of rotatable bonds is 6. The normalized spacial score (nSPS) is 13.1. The maximum Gasteiger partial charge on any atom is 0.242 e. The molecule has 1 atom stereocenters. The Morgan fingerprint density at radius 3 is 2.57 bits per heavy atom. The van der Waals surface area contributed by atoms with Gasteiger partial charge in [-0.15, -0.1) is 11.3 Å². The predicted molar refractivity (Wildman–Crippen MR) is 86.2 cm³/mol. The quantitative estimate of drug-likeness (QED) is 0.856. The molecule has 0 fully saturated rings. The number of nitrogens with zero attached hydrogens (tertiary/aromatic N) is 1. The Morgan fingerprint density at radius 2 is 2.05 bits per heavy atom. The van der Waals surface area contributed by atoms with Crippen LogP contribution in [0.5, 0.6) is 0 Å². The van der Waals surface area contributed by atoms with Crippen LogP contribution >= 0.6 is 11.3 Å². The fraction of sp³-hybridized carbons (Fsp3) is 0.357. The molecule has 2 aromatic heterocycles. The van der Waals surface area contributed by atoms with Crippen molar-refractivity contribution in [3.63, 3.8) is 0 Å². The van der Waals surface area contributed by atoms with Crippen LogP contribution in [0.25, 0.3) is 0 Å². The molecular weight excluding hydrogens is 306 g/mol. The van der Waals surface area contributed by atoms with Crippen LogP contribution in [0.4, 0.5) is 5.82 Å². The summed E-state index contributed by atoms with van der Waals surface area (Å²) >= 11 is 1.59. The molecule has 0 saturated heterocycles. The molecule has 0 amide bonds. The van der Waals surface area contributed by atoms with E-state index in [0.717, 1.165) is 16.3 Å². The number of anilines is 1. The number of aryl methyl sites for hydroxylation is 1. The van der Waals surface area contributed by atoms with Crippen molar-refractivity contribution >= 4 is 27.2 Å². The minimum absolute atomic E-state index is 0.171. The first-order chi connectivity index (χ1) is 9.92. The van der Waals surface area contributed by atoms with Crippen LogP contribution < -0.4 is 10.0 Å². The van der Waals surface area contributed by atoms with E-state index in [1.807, 2.05) is 32.9 Å². The third-order valence-corrected chi connectivity index (χ3v) is 5.63. The van der Waals surface area contributed by atoms with Crippen molar-refractivity contribution in [1.29, 1.82) is 0 Å². The first kappa shape index (κ1) is 15.9. The number of thiophene rings is 1. The number of hydrogen-bond acceptors (Lipinski definition) is 5. The van der Waals surface area contributed by atoms with Gasteiger partial charge in [-0.3, -0.25) is 0 Å². The Morgan fingerprint density at radius 1 is 1.29 bits per heavy atom. The molecule has 2 heterocycles. The summed E-state index contributed by atoms with van der Waals surface area (Å²) in [5, 5.41) is 3.03. The van der Waals surface area contributed by atoms with E-state index in [1.165, 1.54) is 6.20 Å². The fourth-order valence-corrected chi connectivity index (χ4v) is 3.99. The second-order valence-corrected chi connectivity index (χ2v) is 7.73. The van der Waals surface area contributed by atoms with Gasteiger partial charge in [0, 0.05) is 22.5 Å². The second-order valence-electron chi connectivity index (χ2n) is 4.70. The summed E-state index contributed by atoms with van der Waals surface area (Å²) in [6.45, 7) is 6.53. The van der Waals surface area contributed by atoms with Crippen molar-refractivity contribution in [2.45, 2.75) is 31.7 Å². The molecule has 0 spiro atoms. The highest BCUT2D eigenvalue weighted by Gasteiger charge is 2.19. The largest absolute Gasteiger partial charge is 0.370 e. The third kappa shape index (κ3) is 4.03. The standard InChI is InChI=1S/C14H19N3O2S2/c1-4-15-14-8-6-12(9-16-14)21(18,19)17-11(3)13-7-5-10(2)20-13/h5-9,11,17H,4H2,1-3H3,(H,15,16). The molecule has 7 heteroatoms. The summed E-state index contributed by atoms with van der Waals surface area (Å²) in [7, 11) is -3.56. The Balaban J connectivity index is 2.14. The van der Waals surface area contributed by atoms with Gasteiger partial charge >= 0.3 is 0 Å². The molecule has 0 aliphatic rings. The smallest absolute Gasteiger partial charge is 0.242 e. The second kappa shape index (κ2) is 6.55. The van der Waals surface area contributed by atoms with Crippen LogP contribution in [0.15, 0.2) is 35.4 Å². The summed E-state index contributed by atoms with van der Waals surface area (Å²) in [6.07, 6.45) is 1.37. The van der Waals surface area contributed by atoms with E-state index in [-0.39, 0.29) is 10.9 Å². The van der Waals surface area contributed by atoms with Crippen LogP contribution in [0.2, 0.25) is 0 Å². The topological polar surface area (TPSA) is 71.1 Å². The van der Waals surface area contributed by atoms with Crippen molar-refractivity contribution in [3.05, 3.63) is 40.2 Å². The molecule has 21 heavy (non-hydrogen) atoms. The third-order valence-electron chi connectivity index (χ3n) is 2.92. The molecule has 0 aliphatic carbocycles. The van der Waals surface area contributed by atoms with E-state index in [1.54, 1.807) is 23.5 Å². The SMILES string of the molecule is CCNc1ccc(S(=O)(=O)NC(C)c2ccc(C)s2)cn1. The van der Waals surface area contributed by atoms with Gasteiger partial charge in [0.25, 0.3) is 0 Å². The van der Waals surface area contributed by atoms with Gasteiger partial charge in [-0.2, -0.15) is 0 Å². The van der Waals surface area contributed by atoms with Gasteiger partial charge in [-0.05, 0) is 45.0 Å². The van der Waals surface area contributed by atoms with E-state index >= 15 is 0 Å². The molecule has 0 radical (unpaired) electrons. The number of aromatic nitrogens is 1. The Hall–Kier alpha value is -1.44. The molecule has 5 nitrogen and oxygen atoms in total. The first-order valence-corrected chi connectivity index (χ1v) is 9.01. The van der Waals surface area contributed by atoms with Gasteiger partial charge < -0.3 is 5.32 Å². The molecule has 0 saturated carbocycles. The summed E-state index contributed by atoms with van der Waals surface area (Å²) in [4.78, 5) is 6.42. The van der Waals surface area contributed by atoms with Gasteiger partial charge in [0.1, 0.15) is 10.7 Å². The number of pyridine rings is 1. The van der Waals surface area contributed by atoms with Gasteiger partial charge in [0.2, 0.25) is 10.0 Å². The van der Waals surface area contributed by atoms with Crippen LogP contribution in [-0.4, -0.2) is 19.9 Å². The lowest BCUT2D eigenvalue weighted by atomic mass is 10.3. The lowest BCUT2D eigenvalue weighted by molar-refractivity contribution is 0.568. The van der Waals surface area contributed by atoms with Crippen LogP contribution in [0.1, 0.15) is 29.6 Å². The lowest BCUT2D eigenvalue weighted by Crippen LogP contribution is -2.26. The molecule has 2 rings (SSSR count). The molecular formula is C14H19N3O2S2. The van der Waals surface area contributed by atoms with Gasteiger partial charge in [0.15, 0.2) is 0 Å². The van der Waals surface area contributed by atoms with Gasteiger partial charge in [-0.1, -0.05) is 0 Å². The highest BCUT2D eigenvalue weighted by Crippen LogP contribution is 2.24. The van der Waals surface area contributed by atoms with E-state index < -0.39 is 10.0 Å². The van der Waals surface area contributed by atoms with Crippen LogP contribution in [0, 0.1) is 6.92 Å². The Bertz CT molecular complexity index is 693. The average Bonchev–Trinajstić information content (AvgIpc) is 2.86. The molecule has 0 aromatic carbocycles. The molecule has 0 aliphatic heterocycles. The minimum Gasteiger partial charge on any atom is -0.370 e. The molecule has 114 valence electrons. The number of hydrogen-bond donors (Lipinski definition) is 2. The van der Waals surface area contributed by atoms with Crippen LogP contribution in [0.3, 0.4) is 0 Å². The molecule has 2 N–H and O–H groups in total. The summed E-state index contributed by atoms with van der Waals surface area (Å²) in [5.41, 5.74) is 0. The first-order valence-electron chi connectivity index (χ1n) is 6.71. The highest BCUT2D eigenvalue weighted by molar-refractivity contribution is 7.89. The highest BCUT2D eigenvalue weighted by atomic mass is 32.2. The van der Waals surface area contributed by atoms with Gasteiger partial charge in [0.05, 0.1) is 6.04 Å². The Kier molecular flexibility index (Phi) is 4.97. The minimum atomic E-state index is -3.56. The number of nitrogens with one attached hydrogen (secondary N) is 2. The van der Waals surface area contributed by atoms with E-state index in [4.69, 9.17) is 0 Å². The van der Waals surface area contributed by atoms with Gasteiger partial charge in [-0.25, -0.2) is 18.1 Å². The van der Waals surface area contributed by atoms with Crippen molar-refractivity contribution in [1.82, 2.24) is 9.71 Å². The maximum absolute atomic E-state index is 12.3. The van der Waals surface area contributed by atoms with Crippen LogP contribution in [-0.2, 0) is 10.0 Å². The molecule has 1 unspecified atom stereocenters. The summed E-state index contributed by atoms with van der Waals surface area (Å²) in [5.74, 6) is 0.665. The lowest BCUT2D eigenvalue weighted by Gasteiger charge is -2.13. The number of sulfonamides is 1. The summed E-state index contributed by atoms with van der Waals surface area (Å²) < 4.78 is 27.3. The zero-order valence-corrected chi connectivity index (χ0v) is 13.9. The van der Waals surface area contributed by atoms with Crippen molar-refractivity contribution in [2.75, 3.05) is 11.9 Å². The average molecular weight is 325 g/mol. The van der Waals surface area contributed by atoms with Crippen molar-refractivity contribution < 1.29 is 8.42 Å². The summed E-state index contributed by atoms with van der Waals surface area (Å²) in [6, 6.07) is 6.89. The zero-order valence-electron chi connectivity index (χ0n) is 12.3. The van der Waals surface area contributed by atoms with Crippen molar-refractivity contribution in [2.24, 2.45) is 0 Å². The Labute approximate surface area is 129 Å². The van der Waals surface area contributed by atoms with E-state index in [2.05, 4.69) is 15.0 Å².